The molecule has 0 bridgehead atoms. The van der Waals surface area contributed by atoms with Gasteiger partial charge in [0, 0.05) is 51.2 Å². The molecule has 0 saturated heterocycles. The molecule has 0 N–H and O–H groups in total. The third-order valence-electron chi connectivity index (χ3n) is 11.9. The normalized spacial score (nSPS) is 13.1. The van der Waals surface area contributed by atoms with Crippen molar-refractivity contribution in [2.75, 3.05) is 0 Å². The van der Waals surface area contributed by atoms with Gasteiger partial charge in [-0.05, 0) is 68.2 Å². The number of benzene rings is 8. The highest BCUT2D eigenvalue weighted by molar-refractivity contribution is 5.99. The van der Waals surface area contributed by atoms with Gasteiger partial charge in [-0.1, -0.05) is 158 Å². The Kier molecular flexibility index (Phi) is 7.07. The molecule has 5 nitrogen and oxygen atoms in total. The van der Waals surface area contributed by atoms with Crippen LogP contribution in [0.1, 0.15) is 22.3 Å². The molecule has 5 heteroatoms. The Hall–Kier alpha value is -7.76. The van der Waals surface area contributed by atoms with Gasteiger partial charge in [0.05, 0.1) is 5.41 Å². The Labute approximate surface area is 335 Å². The first kappa shape index (κ1) is 32.5. The van der Waals surface area contributed by atoms with E-state index in [1.807, 2.05) is 30.6 Å². The fraction of sp³-hybridized carbons (Fsp3) is 0.0189. The molecule has 0 unspecified atom stereocenters. The van der Waals surface area contributed by atoms with E-state index in [4.69, 9.17) is 19.7 Å². The van der Waals surface area contributed by atoms with Crippen LogP contribution < -0.4 is 4.74 Å². The van der Waals surface area contributed by atoms with E-state index in [1.165, 1.54) is 22.1 Å². The van der Waals surface area contributed by atoms with Crippen LogP contribution in [0.4, 0.5) is 0 Å². The average molecular weight is 741 g/mol. The van der Waals surface area contributed by atoms with Gasteiger partial charge in [0.15, 0.2) is 17.5 Å². The van der Waals surface area contributed by atoms with Crippen molar-refractivity contribution in [1.29, 1.82) is 0 Å². The molecule has 58 heavy (non-hydrogen) atoms. The minimum absolute atomic E-state index is 0.613. The number of nitrogens with zero attached hydrogens (tertiary/aromatic N) is 4. The molecule has 3 heterocycles. The lowest BCUT2D eigenvalue weighted by molar-refractivity contribution is 0.436. The molecule has 0 saturated carbocycles. The largest absolute Gasteiger partial charge is 0.457 e. The van der Waals surface area contributed by atoms with Crippen LogP contribution in [0.25, 0.3) is 78.0 Å². The molecule has 0 atom stereocenters. The minimum Gasteiger partial charge on any atom is -0.457 e. The third kappa shape index (κ3) is 4.77. The van der Waals surface area contributed by atoms with E-state index in [-0.39, 0.29) is 0 Å². The molecule has 12 rings (SSSR count). The van der Waals surface area contributed by atoms with Gasteiger partial charge in [0.2, 0.25) is 0 Å². The minimum atomic E-state index is -0.701. The van der Waals surface area contributed by atoms with Crippen molar-refractivity contribution in [1.82, 2.24) is 19.9 Å². The summed E-state index contributed by atoms with van der Waals surface area (Å²) < 4.78 is 6.70. The van der Waals surface area contributed by atoms with E-state index < -0.39 is 5.41 Å². The van der Waals surface area contributed by atoms with Gasteiger partial charge in [0.1, 0.15) is 11.5 Å². The first-order valence-electron chi connectivity index (χ1n) is 19.5. The number of para-hydroxylation sites is 2. The summed E-state index contributed by atoms with van der Waals surface area (Å²) in [4.78, 5) is 20.3. The Morgan fingerprint density at radius 3 is 1.64 bits per heavy atom. The van der Waals surface area contributed by atoms with Crippen LogP contribution in [0.15, 0.2) is 194 Å². The van der Waals surface area contributed by atoms with E-state index in [1.54, 1.807) is 0 Å². The number of fused-ring (bicyclic) bond motifs is 11. The lowest BCUT2D eigenvalue weighted by atomic mass is 9.65. The Bertz CT molecular complexity index is 3230. The number of ether oxygens (including phenoxy) is 1. The number of hydrogen-bond donors (Lipinski definition) is 0. The van der Waals surface area contributed by atoms with E-state index in [0.29, 0.717) is 17.5 Å². The molecular formula is C53H32N4O. The summed E-state index contributed by atoms with van der Waals surface area (Å²) in [6.07, 6.45) is 3.92. The second-order valence-corrected chi connectivity index (χ2v) is 15.0. The van der Waals surface area contributed by atoms with E-state index in [9.17, 15) is 0 Å². The number of rotatable bonds is 4. The maximum atomic E-state index is 6.70. The molecule has 270 valence electrons. The molecule has 0 fully saturated rings. The second-order valence-electron chi connectivity index (χ2n) is 15.0. The van der Waals surface area contributed by atoms with Gasteiger partial charge < -0.3 is 4.74 Å². The Morgan fingerprint density at radius 1 is 0.345 bits per heavy atom. The van der Waals surface area contributed by atoms with Crippen LogP contribution >= 0.6 is 0 Å². The number of hydrogen-bond acceptors (Lipinski definition) is 5. The Balaban J connectivity index is 1.13. The second kappa shape index (κ2) is 12.6. The molecule has 8 aromatic carbocycles. The fourth-order valence-electron chi connectivity index (χ4n) is 9.31. The van der Waals surface area contributed by atoms with Gasteiger partial charge >= 0.3 is 0 Å². The van der Waals surface area contributed by atoms with Gasteiger partial charge in [0.25, 0.3) is 0 Å². The lowest BCUT2D eigenvalue weighted by Crippen LogP contribution is -2.32. The van der Waals surface area contributed by atoms with Crippen LogP contribution in [-0.4, -0.2) is 19.9 Å². The maximum absolute atomic E-state index is 6.70. The SMILES string of the molecule is c1ccc(-c2nc(-c3ccc4c(c3)C3(c5ccccc5Oc5ccccc53)c3cc(-c5cncc6ccccc56)ccc3-4)nc(-c3cccc4ccccc34)n2)cc1. The van der Waals surface area contributed by atoms with Crippen molar-refractivity contribution in [3.05, 3.63) is 217 Å². The van der Waals surface area contributed by atoms with Crippen molar-refractivity contribution in [3.63, 3.8) is 0 Å². The summed E-state index contributed by atoms with van der Waals surface area (Å²) in [6, 6.07) is 63.9. The highest BCUT2D eigenvalue weighted by atomic mass is 16.5. The highest BCUT2D eigenvalue weighted by Gasteiger charge is 2.51. The van der Waals surface area contributed by atoms with Gasteiger partial charge in [-0.15, -0.1) is 0 Å². The predicted octanol–water partition coefficient (Wildman–Crippen LogP) is 12.7. The van der Waals surface area contributed by atoms with Crippen molar-refractivity contribution < 1.29 is 4.74 Å². The van der Waals surface area contributed by atoms with Crippen LogP contribution in [0, 0.1) is 0 Å². The molecule has 1 aliphatic heterocycles. The first-order valence-corrected chi connectivity index (χ1v) is 19.5. The number of pyridine rings is 1. The van der Waals surface area contributed by atoms with E-state index in [2.05, 4.69) is 169 Å². The third-order valence-corrected chi connectivity index (χ3v) is 11.9. The van der Waals surface area contributed by atoms with Crippen LogP contribution in [0.2, 0.25) is 0 Å². The number of aromatic nitrogens is 4. The molecule has 2 aliphatic rings. The van der Waals surface area contributed by atoms with Gasteiger partial charge in [-0.25, -0.2) is 15.0 Å². The standard InChI is InChI=1S/C53H32N4O/c1-2-14-34(15-3-1)50-55-51(57-52(56-50)42-20-12-17-33-13-4-6-18-38(33)42)36-26-28-41-40-27-25-35(43-32-54-31-37-16-5-7-19-39(37)43)29-46(40)53(47(41)30-36)44-21-8-10-23-48(44)58-49-24-11-9-22-45(49)53/h1-32H. The zero-order valence-electron chi connectivity index (χ0n) is 31.2. The molecule has 10 aromatic rings. The van der Waals surface area contributed by atoms with Gasteiger partial charge in [-0.3, -0.25) is 4.98 Å². The maximum Gasteiger partial charge on any atom is 0.164 e. The average Bonchev–Trinajstić information content (AvgIpc) is 3.58. The zero-order chi connectivity index (χ0) is 38.2. The quantitative estimate of drug-likeness (QED) is 0.180. The Morgan fingerprint density at radius 2 is 0.897 bits per heavy atom. The highest BCUT2D eigenvalue weighted by Crippen LogP contribution is 2.62. The molecular weight excluding hydrogens is 709 g/mol. The van der Waals surface area contributed by atoms with Crippen molar-refractivity contribution in [2.24, 2.45) is 0 Å². The lowest BCUT2D eigenvalue weighted by Gasteiger charge is -2.39. The zero-order valence-corrected chi connectivity index (χ0v) is 31.2. The smallest absolute Gasteiger partial charge is 0.164 e. The van der Waals surface area contributed by atoms with Gasteiger partial charge in [-0.2, -0.15) is 0 Å². The van der Waals surface area contributed by atoms with Crippen molar-refractivity contribution in [2.45, 2.75) is 5.41 Å². The summed E-state index contributed by atoms with van der Waals surface area (Å²) in [5.41, 5.74) is 11.2. The van der Waals surface area contributed by atoms with Crippen molar-refractivity contribution in [3.8, 4) is 67.9 Å². The summed E-state index contributed by atoms with van der Waals surface area (Å²) in [5.74, 6) is 3.55. The monoisotopic (exact) mass is 740 g/mol. The van der Waals surface area contributed by atoms with Crippen LogP contribution in [0.3, 0.4) is 0 Å². The van der Waals surface area contributed by atoms with Crippen LogP contribution in [0.5, 0.6) is 11.5 Å². The van der Waals surface area contributed by atoms with Crippen LogP contribution in [-0.2, 0) is 5.41 Å². The molecule has 2 aromatic heterocycles. The van der Waals surface area contributed by atoms with E-state index in [0.717, 1.165) is 72.2 Å². The molecule has 1 spiro atoms. The summed E-state index contributed by atoms with van der Waals surface area (Å²) in [7, 11) is 0. The van der Waals surface area contributed by atoms with E-state index >= 15 is 0 Å². The predicted molar refractivity (Wildman–Crippen MR) is 232 cm³/mol. The topological polar surface area (TPSA) is 60.8 Å². The molecule has 0 amide bonds. The molecule has 1 aliphatic carbocycles. The van der Waals surface area contributed by atoms with Crippen molar-refractivity contribution >= 4 is 21.5 Å². The first-order chi connectivity index (χ1) is 28.7. The molecule has 0 radical (unpaired) electrons. The fourth-order valence-corrected chi connectivity index (χ4v) is 9.31. The summed E-state index contributed by atoms with van der Waals surface area (Å²) in [5, 5.41) is 4.51. The summed E-state index contributed by atoms with van der Waals surface area (Å²) in [6.45, 7) is 0. The summed E-state index contributed by atoms with van der Waals surface area (Å²) >= 11 is 0.